The van der Waals surface area contributed by atoms with Crippen LogP contribution < -0.4 is 4.90 Å². The van der Waals surface area contributed by atoms with Crippen molar-refractivity contribution in [2.24, 2.45) is 0 Å². The molecule has 0 N–H and O–H groups in total. The second kappa shape index (κ2) is 8.45. The van der Waals surface area contributed by atoms with Gasteiger partial charge in [0.2, 0.25) is 0 Å². The van der Waals surface area contributed by atoms with Crippen molar-refractivity contribution in [1.82, 2.24) is 4.90 Å². The highest BCUT2D eigenvalue weighted by Gasteiger charge is 2.43. The van der Waals surface area contributed by atoms with E-state index in [9.17, 15) is 14.0 Å². The molecule has 2 aliphatic rings. The molecule has 0 spiro atoms. The zero-order valence-corrected chi connectivity index (χ0v) is 18.5. The second-order valence-corrected chi connectivity index (χ2v) is 9.12. The number of thioether (sulfide) groups is 1. The van der Waals surface area contributed by atoms with Crippen LogP contribution in [0.15, 0.2) is 88.3 Å². The van der Waals surface area contributed by atoms with Crippen LogP contribution >= 0.6 is 23.4 Å². The number of halogens is 2. The molecule has 0 aromatic heterocycles. The summed E-state index contributed by atoms with van der Waals surface area (Å²) in [5.41, 5.74) is 3.13. The second-order valence-electron chi connectivity index (χ2n) is 7.60. The zero-order valence-electron chi connectivity index (χ0n) is 16.9. The number of nitrogens with zero attached hydrogens (tertiary/aromatic N) is 2. The molecule has 32 heavy (non-hydrogen) atoms. The maximum absolute atomic E-state index is 13.5. The van der Waals surface area contributed by atoms with Gasteiger partial charge in [0, 0.05) is 23.0 Å². The molecule has 0 unspecified atom stereocenters. The van der Waals surface area contributed by atoms with Crippen molar-refractivity contribution < 1.29 is 14.0 Å². The maximum atomic E-state index is 13.5. The Morgan fingerprint density at radius 2 is 1.53 bits per heavy atom. The number of hydrogen-bond donors (Lipinski definition) is 0. The van der Waals surface area contributed by atoms with Gasteiger partial charge >= 0.3 is 0 Å². The minimum absolute atomic E-state index is 0.350. The van der Waals surface area contributed by atoms with Gasteiger partial charge in [0.15, 0.2) is 0 Å². The number of fused-ring (bicyclic) bond motifs is 1. The summed E-state index contributed by atoms with van der Waals surface area (Å²) < 4.78 is 13.5. The van der Waals surface area contributed by atoms with E-state index in [0.29, 0.717) is 34.4 Å². The first-order valence-corrected chi connectivity index (χ1v) is 11.3. The van der Waals surface area contributed by atoms with Gasteiger partial charge < -0.3 is 4.90 Å². The fraction of sp³-hybridized carbons (Fsp3) is 0.120. The first kappa shape index (κ1) is 20.8. The molecular formula is C25H18ClFN2O2S. The molecule has 0 radical (unpaired) electrons. The third kappa shape index (κ3) is 3.80. The van der Waals surface area contributed by atoms with Gasteiger partial charge in [0.25, 0.3) is 11.8 Å². The van der Waals surface area contributed by atoms with Crippen LogP contribution in [-0.4, -0.2) is 23.3 Å². The largest absolute Gasteiger partial charge is 0.361 e. The molecule has 0 saturated heterocycles. The van der Waals surface area contributed by atoms with Crippen molar-refractivity contribution in [3.63, 3.8) is 0 Å². The van der Waals surface area contributed by atoms with Crippen molar-refractivity contribution in [2.75, 3.05) is 11.4 Å². The molecule has 3 aromatic rings. The topological polar surface area (TPSA) is 40.6 Å². The van der Waals surface area contributed by atoms with Gasteiger partial charge in [-0.15, -0.1) is 0 Å². The van der Waals surface area contributed by atoms with Crippen LogP contribution in [0.1, 0.15) is 11.1 Å². The van der Waals surface area contributed by atoms with Gasteiger partial charge in [-0.1, -0.05) is 47.6 Å². The number of carbonyl (C=O) groups is 2. The van der Waals surface area contributed by atoms with Crippen LogP contribution in [0.4, 0.5) is 10.1 Å². The third-order valence-corrected chi connectivity index (χ3v) is 6.92. The molecule has 0 saturated carbocycles. The quantitative estimate of drug-likeness (QED) is 0.484. The summed E-state index contributed by atoms with van der Waals surface area (Å²) in [6.45, 7) is 1.18. The normalized spacial score (nSPS) is 16.1. The Labute approximate surface area is 194 Å². The minimum Gasteiger partial charge on any atom is -0.361 e. The predicted octanol–water partition coefficient (Wildman–Crippen LogP) is 5.41. The Balaban J connectivity index is 1.55. The standard InChI is InChI=1S/C25H18ClFN2O2S/c26-18-5-11-21(12-6-18)32-23-22(28-14-13-16-3-1-2-4-17(16)15-28)24(30)29(25(23)31)20-9-7-19(27)8-10-20/h1-12H,13-15H2. The van der Waals surface area contributed by atoms with Gasteiger partial charge in [-0.3, -0.25) is 9.59 Å². The van der Waals surface area contributed by atoms with Crippen LogP contribution in [-0.2, 0) is 22.6 Å². The summed E-state index contributed by atoms with van der Waals surface area (Å²) in [5, 5.41) is 0.595. The van der Waals surface area contributed by atoms with E-state index in [1.165, 1.54) is 41.6 Å². The highest BCUT2D eigenvalue weighted by Crippen LogP contribution is 2.40. The molecule has 0 aliphatic carbocycles. The summed E-state index contributed by atoms with van der Waals surface area (Å²) in [7, 11) is 0. The van der Waals surface area contributed by atoms with Crippen molar-refractivity contribution in [3.05, 3.63) is 105 Å². The number of rotatable bonds is 4. The molecule has 2 amide bonds. The molecule has 0 bridgehead atoms. The zero-order chi connectivity index (χ0) is 22.2. The fourth-order valence-corrected chi connectivity index (χ4v) is 5.13. The van der Waals surface area contributed by atoms with Crippen LogP contribution in [0.2, 0.25) is 5.02 Å². The number of benzene rings is 3. The molecule has 0 fully saturated rings. The van der Waals surface area contributed by atoms with E-state index in [0.717, 1.165) is 21.8 Å². The lowest BCUT2D eigenvalue weighted by atomic mass is 9.99. The molecule has 5 rings (SSSR count). The van der Waals surface area contributed by atoms with E-state index >= 15 is 0 Å². The Hall–Kier alpha value is -3.09. The van der Waals surface area contributed by atoms with Gasteiger partial charge in [-0.25, -0.2) is 9.29 Å². The van der Waals surface area contributed by atoms with Gasteiger partial charge in [-0.2, -0.15) is 0 Å². The van der Waals surface area contributed by atoms with Crippen molar-refractivity contribution >= 4 is 40.9 Å². The number of carbonyl (C=O) groups excluding carboxylic acids is 2. The van der Waals surface area contributed by atoms with Crippen molar-refractivity contribution in [1.29, 1.82) is 0 Å². The van der Waals surface area contributed by atoms with Gasteiger partial charge in [0.05, 0.1) is 5.69 Å². The third-order valence-electron chi connectivity index (χ3n) is 5.58. The first-order valence-electron chi connectivity index (χ1n) is 10.1. The Bertz CT molecular complexity index is 1240. The van der Waals surface area contributed by atoms with Crippen LogP contribution in [0.3, 0.4) is 0 Å². The van der Waals surface area contributed by atoms with E-state index in [1.54, 1.807) is 12.1 Å². The number of imide groups is 1. The van der Waals surface area contributed by atoms with E-state index < -0.39 is 17.6 Å². The molecule has 2 aliphatic heterocycles. The SMILES string of the molecule is O=C1C(Sc2ccc(Cl)cc2)=C(N2CCc3ccccc3C2)C(=O)N1c1ccc(F)cc1. The lowest BCUT2D eigenvalue weighted by molar-refractivity contribution is -0.121. The highest BCUT2D eigenvalue weighted by molar-refractivity contribution is 8.04. The average Bonchev–Trinajstić information content (AvgIpc) is 3.05. The van der Waals surface area contributed by atoms with Crippen molar-refractivity contribution in [3.8, 4) is 0 Å². The molecule has 7 heteroatoms. The Morgan fingerprint density at radius 3 is 2.25 bits per heavy atom. The molecular weight excluding hydrogens is 447 g/mol. The van der Waals surface area contributed by atoms with Crippen LogP contribution in [0, 0.1) is 5.82 Å². The van der Waals surface area contributed by atoms with Crippen LogP contribution in [0.5, 0.6) is 0 Å². The summed E-state index contributed by atoms with van der Waals surface area (Å²) in [4.78, 5) is 31.3. The lowest BCUT2D eigenvalue weighted by Crippen LogP contribution is -2.37. The van der Waals surface area contributed by atoms with Gasteiger partial charge in [-0.05, 0) is 66.1 Å². The number of hydrogen-bond acceptors (Lipinski definition) is 4. The molecule has 160 valence electrons. The molecule has 4 nitrogen and oxygen atoms in total. The summed E-state index contributed by atoms with van der Waals surface area (Å²) in [6, 6.07) is 20.7. The fourth-order valence-electron chi connectivity index (χ4n) is 4.00. The molecule has 3 aromatic carbocycles. The minimum atomic E-state index is -0.426. The smallest absolute Gasteiger partial charge is 0.283 e. The predicted molar refractivity (Wildman–Crippen MR) is 124 cm³/mol. The Kier molecular flexibility index (Phi) is 5.49. The summed E-state index contributed by atoms with van der Waals surface area (Å²) in [6.07, 6.45) is 0.788. The van der Waals surface area contributed by atoms with Crippen LogP contribution in [0.25, 0.3) is 0 Å². The van der Waals surface area contributed by atoms with E-state index in [2.05, 4.69) is 6.07 Å². The Morgan fingerprint density at radius 1 is 0.844 bits per heavy atom. The van der Waals surface area contributed by atoms with E-state index in [1.807, 2.05) is 35.2 Å². The summed E-state index contributed by atoms with van der Waals surface area (Å²) in [5.74, 6) is -1.22. The first-order chi connectivity index (χ1) is 15.5. The van der Waals surface area contributed by atoms with E-state index in [-0.39, 0.29) is 0 Å². The molecule has 0 atom stereocenters. The number of amides is 2. The average molecular weight is 465 g/mol. The monoisotopic (exact) mass is 464 g/mol. The maximum Gasteiger partial charge on any atom is 0.283 e. The van der Waals surface area contributed by atoms with E-state index in [4.69, 9.17) is 11.6 Å². The highest BCUT2D eigenvalue weighted by atomic mass is 35.5. The van der Waals surface area contributed by atoms with Crippen molar-refractivity contribution in [2.45, 2.75) is 17.9 Å². The summed E-state index contributed by atoms with van der Waals surface area (Å²) >= 11 is 7.25. The number of anilines is 1. The molecule has 2 heterocycles. The lowest BCUT2D eigenvalue weighted by Gasteiger charge is -2.31. The van der Waals surface area contributed by atoms with Gasteiger partial charge in [0.1, 0.15) is 16.4 Å².